The molecule has 0 saturated carbocycles. The summed E-state index contributed by atoms with van der Waals surface area (Å²) in [6.45, 7) is 9.49. The summed E-state index contributed by atoms with van der Waals surface area (Å²) >= 11 is 1.69. The van der Waals surface area contributed by atoms with Crippen molar-refractivity contribution < 1.29 is 9.53 Å². The second-order valence-electron chi connectivity index (χ2n) is 6.46. The van der Waals surface area contributed by atoms with Crippen LogP contribution in [0.2, 0.25) is 0 Å². The highest BCUT2D eigenvalue weighted by Gasteiger charge is 2.30. The molecular weight excluding hydrogens is 286 g/mol. The van der Waals surface area contributed by atoms with Gasteiger partial charge in [-0.3, -0.25) is 4.90 Å². The van der Waals surface area contributed by atoms with Crippen molar-refractivity contribution in [1.82, 2.24) is 15.2 Å². The van der Waals surface area contributed by atoms with Gasteiger partial charge in [-0.1, -0.05) is 0 Å². The van der Waals surface area contributed by atoms with E-state index in [-0.39, 0.29) is 6.09 Å². The lowest BCUT2D eigenvalue weighted by Crippen LogP contribution is -2.42. The highest BCUT2D eigenvalue weighted by atomic mass is 32.1. The lowest BCUT2D eigenvalue weighted by atomic mass is 10.2. The predicted molar refractivity (Wildman–Crippen MR) is 84.5 cm³/mol. The number of ether oxygens (including phenoxy) is 1. The maximum Gasteiger partial charge on any atom is 0.407 e. The maximum atomic E-state index is 11.8. The number of likely N-dealkylation sites (tertiary alicyclic amines) is 1. The van der Waals surface area contributed by atoms with Gasteiger partial charge in [-0.15, -0.1) is 11.3 Å². The molecular formula is C15H25N3O2S. The van der Waals surface area contributed by atoms with Gasteiger partial charge in [0.2, 0.25) is 0 Å². The van der Waals surface area contributed by atoms with E-state index >= 15 is 0 Å². The van der Waals surface area contributed by atoms with Gasteiger partial charge in [0.25, 0.3) is 0 Å². The van der Waals surface area contributed by atoms with Crippen molar-refractivity contribution >= 4 is 17.4 Å². The van der Waals surface area contributed by atoms with Crippen molar-refractivity contribution in [2.75, 3.05) is 13.1 Å². The Bertz CT molecular complexity index is 456. The smallest absolute Gasteiger partial charge is 0.407 e. The summed E-state index contributed by atoms with van der Waals surface area (Å²) in [6.07, 6.45) is 3.78. The molecule has 1 aliphatic rings. The first kappa shape index (κ1) is 16.2. The van der Waals surface area contributed by atoms with E-state index in [9.17, 15) is 4.79 Å². The molecule has 118 valence electrons. The summed E-state index contributed by atoms with van der Waals surface area (Å²) in [5.74, 6) is 0. The molecule has 1 amide bonds. The summed E-state index contributed by atoms with van der Waals surface area (Å²) in [5, 5.41) is 6.04. The molecule has 0 aliphatic carbocycles. The van der Waals surface area contributed by atoms with Crippen molar-refractivity contribution in [2.45, 2.75) is 58.2 Å². The van der Waals surface area contributed by atoms with Crippen molar-refractivity contribution in [1.29, 1.82) is 0 Å². The fourth-order valence-electron chi connectivity index (χ4n) is 2.69. The molecule has 0 radical (unpaired) electrons. The molecule has 21 heavy (non-hydrogen) atoms. The van der Waals surface area contributed by atoms with Crippen LogP contribution in [0.5, 0.6) is 0 Å². The highest BCUT2D eigenvalue weighted by molar-refractivity contribution is 7.09. The largest absolute Gasteiger partial charge is 0.444 e. The molecule has 0 unspecified atom stereocenters. The first-order valence-electron chi connectivity index (χ1n) is 7.49. The Morgan fingerprint density at radius 2 is 2.38 bits per heavy atom. The van der Waals surface area contributed by atoms with Gasteiger partial charge in [-0.2, -0.15) is 0 Å². The zero-order valence-corrected chi connectivity index (χ0v) is 14.1. The van der Waals surface area contributed by atoms with Crippen LogP contribution in [0.1, 0.15) is 51.6 Å². The van der Waals surface area contributed by atoms with Crippen LogP contribution in [0.4, 0.5) is 4.79 Å². The number of hydrogen-bond acceptors (Lipinski definition) is 5. The fraction of sp³-hybridized carbons (Fsp3) is 0.733. The Labute approximate surface area is 130 Å². The Morgan fingerprint density at radius 3 is 3.00 bits per heavy atom. The monoisotopic (exact) mass is 311 g/mol. The third-order valence-electron chi connectivity index (χ3n) is 3.61. The van der Waals surface area contributed by atoms with Crippen LogP contribution in [0.25, 0.3) is 0 Å². The molecule has 2 heterocycles. The molecule has 0 bridgehead atoms. The normalized spacial score (nSPS) is 21.2. The minimum Gasteiger partial charge on any atom is -0.444 e. The van der Waals surface area contributed by atoms with Gasteiger partial charge >= 0.3 is 6.09 Å². The van der Waals surface area contributed by atoms with Crippen LogP contribution < -0.4 is 5.32 Å². The molecule has 1 aromatic heterocycles. The van der Waals surface area contributed by atoms with Gasteiger partial charge in [0.05, 0.1) is 6.04 Å². The second-order valence-corrected chi connectivity index (χ2v) is 7.39. The number of rotatable bonds is 4. The summed E-state index contributed by atoms with van der Waals surface area (Å²) in [4.78, 5) is 18.6. The predicted octanol–water partition coefficient (Wildman–Crippen LogP) is 3.19. The molecule has 2 rings (SSSR count). The molecule has 1 N–H and O–H groups in total. The summed E-state index contributed by atoms with van der Waals surface area (Å²) in [7, 11) is 0. The Balaban J connectivity index is 1.86. The van der Waals surface area contributed by atoms with Gasteiger partial charge < -0.3 is 10.1 Å². The second kappa shape index (κ2) is 6.75. The van der Waals surface area contributed by atoms with E-state index in [1.807, 2.05) is 32.3 Å². The van der Waals surface area contributed by atoms with Crippen LogP contribution in [0.3, 0.4) is 0 Å². The third kappa shape index (κ3) is 4.68. The lowest BCUT2D eigenvalue weighted by molar-refractivity contribution is 0.0508. The van der Waals surface area contributed by atoms with E-state index in [0.717, 1.165) is 24.4 Å². The van der Waals surface area contributed by atoms with E-state index in [4.69, 9.17) is 4.74 Å². The summed E-state index contributed by atoms with van der Waals surface area (Å²) < 4.78 is 5.29. The SMILES string of the molecule is C[C@@H](c1nccs1)N1CCC[C@@H]1CNC(=O)OC(C)(C)C. The zero-order valence-electron chi connectivity index (χ0n) is 13.3. The highest BCUT2D eigenvalue weighted by Crippen LogP contribution is 2.29. The van der Waals surface area contributed by atoms with Crippen molar-refractivity contribution in [3.63, 3.8) is 0 Å². The van der Waals surface area contributed by atoms with Crippen LogP contribution in [-0.2, 0) is 4.74 Å². The topological polar surface area (TPSA) is 54.5 Å². The number of aromatic nitrogens is 1. The summed E-state index contributed by atoms with van der Waals surface area (Å²) in [5.41, 5.74) is -0.451. The standard InChI is InChI=1S/C15H25N3O2S/c1-11(13-16-7-9-21-13)18-8-5-6-12(18)10-17-14(19)20-15(2,3)4/h7,9,11-12H,5-6,8,10H2,1-4H3,(H,17,19)/t11-,12+/m0/s1. The van der Waals surface area contributed by atoms with Crippen LogP contribution >= 0.6 is 11.3 Å². The van der Waals surface area contributed by atoms with Crippen LogP contribution in [0, 0.1) is 0 Å². The van der Waals surface area contributed by atoms with E-state index in [2.05, 4.69) is 22.1 Å². The molecule has 6 heteroatoms. The zero-order chi connectivity index (χ0) is 15.5. The summed E-state index contributed by atoms with van der Waals surface area (Å²) in [6, 6.07) is 0.661. The van der Waals surface area contributed by atoms with Gasteiger partial charge in [-0.05, 0) is 47.1 Å². The minimum absolute atomic E-state index is 0.304. The van der Waals surface area contributed by atoms with Gasteiger partial charge in [0.1, 0.15) is 10.6 Å². The number of carbonyl (C=O) groups is 1. The van der Waals surface area contributed by atoms with Gasteiger partial charge in [-0.25, -0.2) is 9.78 Å². The molecule has 5 nitrogen and oxygen atoms in total. The third-order valence-corrected chi connectivity index (χ3v) is 4.56. The van der Waals surface area contributed by atoms with Crippen LogP contribution in [0.15, 0.2) is 11.6 Å². The van der Waals surface area contributed by atoms with Crippen molar-refractivity contribution in [3.05, 3.63) is 16.6 Å². The quantitative estimate of drug-likeness (QED) is 0.928. The van der Waals surface area contributed by atoms with Crippen LogP contribution in [-0.4, -0.2) is 40.7 Å². The van der Waals surface area contributed by atoms with Crippen molar-refractivity contribution in [3.8, 4) is 0 Å². The van der Waals surface area contributed by atoms with E-state index in [0.29, 0.717) is 18.6 Å². The molecule has 1 saturated heterocycles. The van der Waals surface area contributed by atoms with E-state index < -0.39 is 5.60 Å². The Morgan fingerprint density at radius 1 is 1.62 bits per heavy atom. The molecule has 0 spiro atoms. The number of amides is 1. The molecule has 1 aromatic rings. The van der Waals surface area contributed by atoms with E-state index in [1.54, 1.807) is 11.3 Å². The lowest BCUT2D eigenvalue weighted by Gasteiger charge is -2.30. The molecule has 1 aliphatic heterocycles. The Kier molecular flexibility index (Phi) is 5.22. The molecule has 1 fully saturated rings. The average molecular weight is 311 g/mol. The first-order chi connectivity index (χ1) is 9.87. The number of thiazole rings is 1. The fourth-order valence-corrected chi connectivity index (χ4v) is 3.40. The van der Waals surface area contributed by atoms with E-state index in [1.165, 1.54) is 0 Å². The average Bonchev–Trinajstić information content (AvgIpc) is 3.05. The minimum atomic E-state index is -0.451. The number of nitrogens with one attached hydrogen (secondary N) is 1. The number of hydrogen-bond donors (Lipinski definition) is 1. The molecule has 0 aromatic carbocycles. The van der Waals surface area contributed by atoms with Gasteiger partial charge in [0, 0.05) is 24.2 Å². The van der Waals surface area contributed by atoms with Crippen molar-refractivity contribution in [2.24, 2.45) is 0 Å². The van der Waals surface area contributed by atoms with Gasteiger partial charge in [0.15, 0.2) is 0 Å². The first-order valence-corrected chi connectivity index (χ1v) is 8.37. The number of carbonyl (C=O) groups excluding carboxylic acids is 1. The maximum absolute atomic E-state index is 11.8. The Hall–Kier alpha value is -1.14. The number of alkyl carbamates (subject to hydrolysis) is 1. The molecule has 2 atom stereocenters. The number of nitrogens with zero attached hydrogens (tertiary/aromatic N) is 2.